The van der Waals surface area contributed by atoms with Gasteiger partial charge >= 0.3 is 0 Å². The van der Waals surface area contributed by atoms with Gasteiger partial charge in [-0.25, -0.2) is 15.0 Å². The van der Waals surface area contributed by atoms with Gasteiger partial charge in [0.05, 0.1) is 5.41 Å². The Morgan fingerprint density at radius 2 is 0.880 bits per heavy atom. The smallest absolute Gasteiger partial charge is 0.164 e. The van der Waals surface area contributed by atoms with E-state index >= 15 is 0 Å². The molecule has 0 N–H and O–H groups in total. The summed E-state index contributed by atoms with van der Waals surface area (Å²) in [6, 6.07) is 61.6. The summed E-state index contributed by atoms with van der Waals surface area (Å²) in [6.45, 7) is 0. The molecule has 0 fully saturated rings. The number of hydrogen-bond acceptors (Lipinski definition) is 4. The van der Waals surface area contributed by atoms with Gasteiger partial charge in [-0.05, 0) is 63.7 Å². The SMILES string of the molecule is c1ccc(-c2nc(-c3ccc4c(c3)-c3ccccc3C4(c3ccccc3)c3ccccc3)nc(-c3ccc4oc5ccccc5c4c3)n2)cc1. The maximum atomic E-state index is 6.13. The highest BCUT2D eigenvalue weighted by atomic mass is 16.3. The minimum absolute atomic E-state index is 0.463. The maximum absolute atomic E-state index is 6.13. The average Bonchev–Trinajstić information content (AvgIpc) is 3.72. The largest absolute Gasteiger partial charge is 0.456 e. The van der Waals surface area contributed by atoms with E-state index in [1.807, 2.05) is 60.7 Å². The van der Waals surface area contributed by atoms with Crippen molar-refractivity contribution in [3.8, 4) is 45.3 Å². The van der Waals surface area contributed by atoms with Crippen LogP contribution >= 0.6 is 0 Å². The Labute approximate surface area is 289 Å². The van der Waals surface area contributed by atoms with Crippen LogP contribution in [-0.2, 0) is 5.41 Å². The van der Waals surface area contributed by atoms with Gasteiger partial charge in [0.15, 0.2) is 17.5 Å². The lowest BCUT2D eigenvalue weighted by molar-refractivity contribution is 0.669. The van der Waals surface area contributed by atoms with E-state index in [9.17, 15) is 0 Å². The molecule has 2 heterocycles. The Morgan fingerprint density at radius 3 is 1.60 bits per heavy atom. The Morgan fingerprint density at radius 1 is 0.360 bits per heavy atom. The van der Waals surface area contributed by atoms with Gasteiger partial charge in [0, 0.05) is 27.5 Å². The molecule has 234 valence electrons. The molecule has 0 saturated carbocycles. The number of fused-ring (bicyclic) bond motifs is 6. The van der Waals surface area contributed by atoms with Crippen molar-refractivity contribution in [3.63, 3.8) is 0 Å². The van der Waals surface area contributed by atoms with E-state index in [2.05, 4.69) is 115 Å². The Bertz CT molecular complexity index is 2660. The number of nitrogens with zero attached hydrogens (tertiary/aromatic N) is 3. The molecule has 0 bridgehead atoms. The van der Waals surface area contributed by atoms with Crippen LogP contribution in [0.25, 0.3) is 67.2 Å². The highest BCUT2D eigenvalue weighted by Gasteiger charge is 2.46. The van der Waals surface area contributed by atoms with E-state index in [-0.39, 0.29) is 0 Å². The van der Waals surface area contributed by atoms with E-state index in [1.54, 1.807) is 0 Å². The second-order valence-corrected chi connectivity index (χ2v) is 12.8. The molecule has 7 aromatic carbocycles. The van der Waals surface area contributed by atoms with Gasteiger partial charge in [0.2, 0.25) is 0 Å². The van der Waals surface area contributed by atoms with Crippen molar-refractivity contribution in [1.29, 1.82) is 0 Å². The molecule has 1 aliphatic carbocycles. The number of furan rings is 1. The quantitative estimate of drug-likeness (QED) is 0.188. The predicted molar refractivity (Wildman–Crippen MR) is 201 cm³/mol. The molecule has 4 heteroatoms. The van der Waals surface area contributed by atoms with Crippen molar-refractivity contribution in [1.82, 2.24) is 15.0 Å². The fourth-order valence-electron chi connectivity index (χ4n) is 7.80. The third-order valence-corrected chi connectivity index (χ3v) is 10.0. The molecule has 0 spiro atoms. The molecule has 50 heavy (non-hydrogen) atoms. The topological polar surface area (TPSA) is 51.8 Å². The molecular weight excluding hydrogens is 611 g/mol. The Hall–Kier alpha value is -6.65. The van der Waals surface area contributed by atoms with Crippen molar-refractivity contribution < 1.29 is 4.42 Å². The van der Waals surface area contributed by atoms with Crippen LogP contribution < -0.4 is 0 Å². The van der Waals surface area contributed by atoms with E-state index in [0.29, 0.717) is 17.5 Å². The maximum Gasteiger partial charge on any atom is 0.164 e. The van der Waals surface area contributed by atoms with Crippen LogP contribution in [0.15, 0.2) is 180 Å². The van der Waals surface area contributed by atoms with Crippen molar-refractivity contribution in [2.75, 3.05) is 0 Å². The van der Waals surface area contributed by atoms with Gasteiger partial charge in [0.25, 0.3) is 0 Å². The third kappa shape index (κ3) is 4.28. The normalized spacial score (nSPS) is 13.0. The van der Waals surface area contributed by atoms with Gasteiger partial charge in [-0.3, -0.25) is 0 Å². The zero-order valence-corrected chi connectivity index (χ0v) is 27.0. The number of aromatic nitrogens is 3. The second-order valence-electron chi connectivity index (χ2n) is 12.8. The monoisotopic (exact) mass is 639 g/mol. The van der Waals surface area contributed by atoms with Crippen LogP contribution in [-0.4, -0.2) is 15.0 Å². The fourth-order valence-corrected chi connectivity index (χ4v) is 7.80. The van der Waals surface area contributed by atoms with E-state index in [0.717, 1.165) is 38.6 Å². The molecule has 0 amide bonds. The molecule has 0 radical (unpaired) electrons. The number of para-hydroxylation sites is 1. The summed E-state index contributed by atoms with van der Waals surface area (Å²) in [5, 5.41) is 2.10. The summed E-state index contributed by atoms with van der Waals surface area (Å²) in [6.07, 6.45) is 0. The highest BCUT2D eigenvalue weighted by Crippen LogP contribution is 2.56. The first-order chi connectivity index (χ1) is 24.8. The van der Waals surface area contributed by atoms with Crippen LogP contribution in [0, 0.1) is 0 Å². The predicted octanol–water partition coefficient (Wildman–Crippen LogP) is 11.1. The lowest BCUT2D eigenvalue weighted by Crippen LogP contribution is -2.28. The lowest BCUT2D eigenvalue weighted by Gasteiger charge is -2.33. The molecule has 0 unspecified atom stereocenters. The first-order valence-electron chi connectivity index (χ1n) is 16.9. The summed E-state index contributed by atoms with van der Waals surface area (Å²) in [7, 11) is 0. The number of rotatable bonds is 5. The van der Waals surface area contributed by atoms with E-state index in [1.165, 1.54) is 33.4 Å². The van der Waals surface area contributed by atoms with Gasteiger partial charge in [-0.2, -0.15) is 0 Å². The van der Waals surface area contributed by atoms with Gasteiger partial charge in [-0.15, -0.1) is 0 Å². The van der Waals surface area contributed by atoms with Crippen LogP contribution in [0.1, 0.15) is 22.3 Å². The minimum Gasteiger partial charge on any atom is -0.456 e. The van der Waals surface area contributed by atoms with Crippen molar-refractivity contribution in [3.05, 3.63) is 198 Å². The highest BCUT2D eigenvalue weighted by molar-refractivity contribution is 6.06. The first kappa shape index (κ1) is 28.4. The molecule has 10 rings (SSSR count). The van der Waals surface area contributed by atoms with Gasteiger partial charge in [-0.1, -0.05) is 146 Å². The van der Waals surface area contributed by atoms with Crippen LogP contribution in [0.5, 0.6) is 0 Å². The van der Waals surface area contributed by atoms with Crippen molar-refractivity contribution >= 4 is 21.9 Å². The molecular formula is C46H29N3O. The molecule has 0 aliphatic heterocycles. The van der Waals surface area contributed by atoms with E-state index in [4.69, 9.17) is 19.4 Å². The first-order valence-corrected chi connectivity index (χ1v) is 16.9. The summed E-state index contributed by atoms with van der Waals surface area (Å²) in [5.74, 6) is 1.87. The summed E-state index contributed by atoms with van der Waals surface area (Å²) >= 11 is 0. The van der Waals surface area contributed by atoms with Crippen LogP contribution in [0.4, 0.5) is 0 Å². The van der Waals surface area contributed by atoms with E-state index < -0.39 is 5.41 Å². The average molecular weight is 640 g/mol. The molecule has 0 saturated heterocycles. The minimum atomic E-state index is -0.463. The molecule has 1 aliphatic rings. The number of benzene rings is 7. The molecule has 4 nitrogen and oxygen atoms in total. The van der Waals surface area contributed by atoms with Crippen LogP contribution in [0.3, 0.4) is 0 Å². The summed E-state index contributed by atoms with van der Waals surface area (Å²) in [4.78, 5) is 15.3. The summed E-state index contributed by atoms with van der Waals surface area (Å²) in [5.41, 5.74) is 11.4. The Balaban J connectivity index is 1.20. The van der Waals surface area contributed by atoms with Crippen LogP contribution in [0.2, 0.25) is 0 Å². The zero-order valence-electron chi connectivity index (χ0n) is 27.0. The standard InChI is InChI=1S/C46H29N3O/c1-4-14-30(15-5-1)43-47-44(49-45(48-43)32-25-27-42-38(29-32)36-21-11-13-23-41(36)50-42)31-24-26-40-37(28-31)35-20-10-12-22-39(35)46(40,33-16-6-2-7-17-33)34-18-8-3-9-19-34/h1-29H. The lowest BCUT2D eigenvalue weighted by atomic mass is 9.67. The molecule has 0 atom stereocenters. The van der Waals surface area contributed by atoms with Crippen molar-refractivity contribution in [2.45, 2.75) is 5.41 Å². The Kier molecular flexibility index (Phi) is 6.36. The third-order valence-electron chi connectivity index (χ3n) is 10.0. The van der Waals surface area contributed by atoms with Gasteiger partial charge in [0.1, 0.15) is 11.2 Å². The fraction of sp³-hybridized carbons (Fsp3) is 0.0217. The molecule has 9 aromatic rings. The van der Waals surface area contributed by atoms with Crippen molar-refractivity contribution in [2.24, 2.45) is 0 Å². The summed E-state index contributed by atoms with van der Waals surface area (Å²) < 4.78 is 6.13. The second kappa shape index (κ2) is 11.2. The van der Waals surface area contributed by atoms with Gasteiger partial charge < -0.3 is 4.42 Å². The zero-order chi connectivity index (χ0) is 33.1. The number of hydrogen-bond donors (Lipinski definition) is 0. The molecule has 2 aromatic heterocycles.